The molecule has 1 aromatic carbocycles. The zero-order chi connectivity index (χ0) is 15.4. The van der Waals surface area contributed by atoms with Crippen molar-refractivity contribution >= 4 is 0 Å². The van der Waals surface area contributed by atoms with E-state index in [0.717, 1.165) is 5.56 Å². The highest BCUT2D eigenvalue weighted by Gasteiger charge is 2.15. The van der Waals surface area contributed by atoms with E-state index in [-0.39, 0.29) is 12.4 Å². The lowest BCUT2D eigenvalue weighted by molar-refractivity contribution is 0.266. The normalized spacial score (nSPS) is 11.0. The number of rotatable bonds is 5. The molecule has 0 amide bonds. The summed E-state index contributed by atoms with van der Waals surface area (Å²) in [6.45, 7) is 0.665. The van der Waals surface area contributed by atoms with Gasteiger partial charge in [-0.15, -0.1) is 0 Å². The summed E-state index contributed by atoms with van der Waals surface area (Å²) in [6, 6.07) is 11.0. The molecule has 0 radical (unpaired) electrons. The van der Waals surface area contributed by atoms with E-state index in [9.17, 15) is 15.0 Å². The summed E-state index contributed by atoms with van der Waals surface area (Å²) >= 11 is 0. The zero-order valence-corrected chi connectivity index (χ0v) is 12.3. The van der Waals surface area contributed by atoms with Crippen molar-refractivity contribution in [2.75, 3.05) is 14.1 Å². The molecule has 21 heavy (non-hydrogen) atoms. The molecule has 0 aliphatic carbocycles. The van der Waals surface area contributed by atoms with Crippen LogP contribution in [0.5, 0.6) is 5.75 Å². The number of aromatic nitrogens is 1. The lowest BCUT2D eigenvalue weighted by Crippen LogP contribution is -2.23. The van der Waals surface area contributed by atoms with Gasteiger partial charge in [0, 0.05) is 24.8 Å². The SMILES string of the molecule is CN(C)Cc1c(O)c(=O)cc(CO)n1Cc1ccccc1. The smallest absolute Gasteiger partial charge is 0.223 e. The Balaban J connectivity index is 2.55. The predicted octanol–water partition coefficient (Wildman–Crippen LogP) is 1.16. The molecule has 0 saturated heterocycles. The van der Waals surface area contributed by atoms with Gasteiger partial charge in [-0.2, -0.15) is 0 Å². The predicted molar refractivity (Wildman–Crippen MR) is 81.2 cm³/mol. The fourth-order valence-corrected chi connectivity index (χ4v) is 2.29. The third-order valence-electron chi connectivity index (χ3n) is 3.29. The van der Waals surface area contributed by atoms with Crippen LogP contribution in [0.25, 0.3) is 0 Å². The van der Waals surface area contributed by atoms with Crippen LogP contribution in [-0.4, -0.2) is 33.8 Å². The van der Waals surface area contributed by atoms with Gasteiger partial charge in [-0.1, -0.05) is 30.3 Å². The van der Waals surface area contributed by atoms with E-state index >= 15 is 0 Å². The number of aliphatic hydroxyl groups excluding tert-OH is 1. The van der Waals surface area contributed by atoms with E-state index in [1.165, 1.54) is 6.07 Å². The summed E-state index contributed by atoms with van der Waals surface area (Å²) in [5, 5.41) is 19.6. The summed E-state index contributed by atoms with van der Waals surface area (Å²) in [5.74, 6) is -0.253. The van der Waals surface area contributed by atoms with Crippen LogP contribution in [0.4, 0.5) is 0 Å². The van der Waals surface area contributed by atoms with E-state index in [2.05, 4.69) is 0 Å². The Kier molecular flexibility index (Phi) is 4.77. The van der Waals surface area contributed by atoms with Gasteiger partial charge in [0.25, 0.3) is 0 Å². The van der Waals surface area contributed by atoms with Crippen molar-refractivity contribution in [3.8, 4) is 5.75 Å². The second kappa shape index (κ2) is 6.56. The number of hydrogen-bond donors (Lipinski definition) is 2. The third kappa shape index (κ3) is 3.51. The summed E-state index contributed by atoms with van der Waals surface area (Å²) < 4.78 is 1.80. The van der Waals surface area contributed by atoms with Gasteiger partial charge < -0.3 is 19.7 Å². The van der Waals surface area contributed by atoms with Crippen molar-refractivity contribution < 1.29 is 10.2 Å². The minimum atomic E-state index is -0.458. The molecule has 0 saturated carbocycles. The van der Waals surface area contributed by atoms with Gasteiger partial charge in [0.2, 0.25) is 5.43 Å². The van der Waals surface area contributed by atoms with Gasteiger partial charge in [0.1, 0.15) is 0 Å². The minimum Gasteiger partial charge on any atom is -0.503 e. The number of aliphatic hydroxyl groups is 1. The second-order valence-corrected chi connectivity index (χ2v) is 5.26. The van der Waals surface area contributed by atoms with Crippen molar-refractivity contribution in [2.45, 2.75) is 19.7 Å². The fourth-order valence-electron chi connectivity index (χ4n) is 2.29. The van der Waals surface area contributed by atoms with Gasteiger partial charge in [-0.05, 0) is 19.7 Å². The molecular formula is C16H20N2O3. The van der Waals surface area contributed by atoms with Crippen LogP contribution in [0.1, 0.15) is 17.0 Å². The Hall–Kier alpha value is -2.11. The van der Waals surface area contributed by atoms with Crippen LogP contribution < -0.4 is 5.43 Å². The molecule has 0 bridgehead atoms. The Labute approximate surface area is 123 Å². The Morgan fingerprint density at radius 3 is 2.43 bits per heavy atom. The first-order chi connectivity index (χ1) is 10.0. The van der Waals surface area contributed by atoms with Gasteiger partial charge in [-0.3, -0.25) is 4.79 Å². The maximum absolute atomic E-state index is 11.8. The zero-order valence-electron chi connectivity index (χ0n) is 12.3. The molecule has 0 aliphatic rings. The van der Waals surface area contributed by atoms with Crippen molar-refractivity contribution in [3.63, 3.8) is 0 Å². The van der Waals surface area contributed by atoms with Gasteiger partial charge in [0.15, 0.2) is 5.75 Å². The van der Waals surface area contributed by atoms with Gasteiger partial charge >= 0.3 is 0 Å². The third-order valence-corrected chi connectivity index (χ3v) is 3.29. The summed E-state index contributed by atoms with van der Waals surface area (Å²) in [4.78, 5) is 13.7. The highest BCUT2D eigenvalue weighted by atomic mass is 16.3. The van der Waals surface area contributed by atoms with E-state index < -0.39 is 5.43 Å². The summed E-state index contributed by atoms with van der Waals surface area (Å²) in [6.07, 6.45) is 0. The van der Waals surface area contributed by atoms with Crippen molar-refractivity contribution in [2.24, 2.45) is 0 Å². The molecule has 0 fully saturated rings. The van der Waals surface area contributed by atoms with Gasteiger partial charge in [0.05, 0.1) is 12.3 Å². The van der Waals surface area contributed by atoms with Crippen LogP contribution in [0.15, 0.2) is 41.2 Å². The molecule has 0 spiro atoms. The molecule has 0 unspecified atom stereocenters. The standard InChI is InChI=1S/C16H20N2O3/c1-17(2)10-14-16(21)15(20)8-13(11-19)18(14)9-12-6-4-3-5-7-12/h3-8,19,21H,9-11H2,1-2H3. The highest BCUT2D eigenvalue weighted by molar-refractivity contribution is 5.31. The monoisotopic (exact) mass is 288 g/mol. The highest BCUT2D eigenvalue weighted by Crippen LogP contribution is 2.18. The molecule has 5 nitrogen and oxygen atoms in total. The molecule has 5 heteroatoms. The number of hydrogen-bond acceptors (Lipinski definition) is 4. The average Bonchev–Trinajstić information content (AvgIpc) is 2.47. The number of aromatic hydroxyl groups is 1. The molecule has 0 aliphatic heterocycles. The van der Waals surface area contributed by atoms with Crippen LogP contribution in [0.3, 0.4) is 0 Å². The molecule has 2 rings (SSSR count). The fraction of sp³-hybridized carbons (Fsp3) is 0.312. The van der Waals surface area contributed by atoms with Crippen molar-refractivity contribution in [3.05, 3.63) is 63.6 Å². The molecule has 1 heterocycles. The lowest BCUT2D eigenvalue weighted by atomic mass is 10.1. The molecule has 1 aromatic heterocycles. The summed E-state index contributed by atoms with van der Waals surface area (Å²) in [7, 11) is 3.73. The first-order valence-corrected chi connectivity index (χ1v) is 6.77. The minimum absolute atomic E-state index is 0.247. The maximum Gasteiger partial charge on any atom is 0.223 e. The second-order valence-electron chi connectivity index (χ2n) is 5.26. The molecule has 2 aromatic rings. The molecule has 0 atom stereocenters. The number of pyridine rings is 1. The number of benzene rings is 1. The Morgan fingerprint density at radius 1 is 1.19 bits per heavy atom. The van der Waals surface area contributed by atoms with E-state index in [1.807, 2.05) is 49.3 Å². The molecular weight excluding hydrogens is 268 g/mol. The van der Waals surface area contributed by atoms with Crippen LogP contribution >= 0.6 is 0 Å². The van der Waals surface area contributed by atoms with Crippen LogP contribution in [0.2, 0.25) is 0 Å². The van der Waals surface area contributed by atoms with E-state index in [0.29, 0.717) is 24.5 Å². The quantitative estimate of drug-likeness (QED) is 0.866. The largest absolute Gasteiger partial charge is 0.503 e. The number of nitrogens with zero attached hydrogens (tertiary/aromatic N) is 2. The summed E-state index contributed by atoms with van der Waals surface area (Å²) in [5.41, 5.74) is 1.59. The van der Waals surface area contributed by atoms with Crippen LogP contribution in [-0.2, 0) is 19.7 Å². The van der Waals surface area contributed by atoms with Gasteiger partial charge in [-0.25, -0.2) is 0 Å². The maximum atomic E-state index is 11.8. The van der Waals surface area contributed by atoms with Crippen molar-refractivity contribution in [1.29, 1.82) is 0 Å². The van der Waals surface area contributed by atoms with E-state index in [4.69, 9.17) is 0 Å². The lowest BCUT2D eigenvalue weighted by Gasteiger charge is -2.21. The topological polar surface area (TPSA) is 65.7 Å². The van der Waals surface area contributed by atoms with E-state index in [1.54, 1.807) is 4.57 Å². The first kappa shape index (κ1) is 15.3. The Bertz CT molecular complexity index is 663. The van der Waals surface area contributed by atoms with Crippen LogP contribution in [0, 0.1) is 0 Å². The molecule has 2 N–H and O–H groups in total. The van der Waals surface area contributed by atoms with Crippen molar-refractivity contribution in [1.82, 2.24) is 9.47 Å². The Morgan fingerprint density at radius 2 is 1.86 bits per heavy atom. The first-order valence-electron chi connectivity index (χ1n) is 6.77. The average molecular weight is 288 g/mol. The molecule has 112 valence electrons.